The number of benzene rings is 2. The molecule has 0 amide bonds. The largest absolute Gasteiger partial charge is 0.480 e. The van der Waals surface area contributed by atoms with E-state index >= 15 is 0 Å². The second-order valence-corrected chi connectivity index (χ2v) is 7.53. The summed E-state index contributed by atoms with van der Waals surface area (Å²) < 4.78 is 2.45. The third kappa shape index (κ3) is 4.34. The number of carbonyl (C=O) groups is 1. The smallest absolute Gasteiger partial charge is 0.320 e. The highest BCUT2D eigenvalue weighted by Gasteiger charge is 2.18. The maximum atomic E-state index is 11.8. The van der Waals surface area contributed by atoms with Gasteiger partial charge in [-0.3, -0.25) is 9.89 Å². The molecule has 4 aromatic rings. The number of aromatic amines is 2. The number of H-pyrrole nitrogens is 2. The predicted octanol–water partition coefficient (Wildman–Crippen LogP) is 4.11. The Morgan fingerprint density at radius 2 is 1.93 bits per heavy atom. The number of para-hydroxylation sites is 1. The Morgan fingerprint density at radius 3 is 2.73 bits per heavy atom. The van der Waals surface area contributed by atoms with Crippen molar-refractivity contribution in [3.05, 3.63) is 71.1 Å². The fourth-order valence-corrected chi connectivity index (χ4v) is 3.83. The van der Waals surface area contributed by atoms with E-state index in [4.69, 9.17) is 12.2 Å². The van der Waals surface area contributed by atoms with Crippen LogP contribution in [-0.4, -0.2) is 36.9 Å². The lowest BCUT2D eigenvalue weighted by molar-refractivity contribution is -0.139. The summed E-state index contributed by atoms with van der Waals surface area (Å²) in [5, 5.41) is 21.1. The molecule has 30 heavy (non-hydrogen) atoms. The van der Waals surface area contributed by atoms with Gasteiger partial charge in [-0.15, -0.1) is 0 Å². The molecule has 0 radical (unpaired) electrons. The maximum absolute atomic E-state index is 11.8. The van der Waals surface area contributed by atoms with E-state index in [0.29, 0.717) is 30.7 Å². The molecule has 2 aromatic heterocycles. The first-order valence-corrected chi connectivity index (χ1v) is 10.3. The van der Waals surface area contributed by atoms with E-state index < -0.39 is 12.0 Å². The van der Waals surface area contributed by atoms with E-state index in [1.54, 1.807) is 0 Å². The summed E-state index contributed by atoms with van der Waals surface area (Å²) in [6.07, 6.45) is 3.07. The average molecular weight is 422 g/mol. The summed E-state index contributed by atoms with van der Waals surface area (Å²) in [7, 11) is 0. The summed E-state index contributed by atoms with van der Waals surface area (Å²) in [6.45, 7) is 1.08. The lowest BCUT2D eigenvalue weighted by atomic mass is 10.1. The van der Waals surface area contributed by atoms with Crippen molar-refractivity contribution < 1.29 is 9.90 Å². The zero-order chi connectivity index (χ0) is 20.9. The van der Waals surface area contributed by atoms with Crippen LogP contribution in [0.1, 0.15) is 18.4 Å². The van der Waals surface area contributed by atoms with Crippen molar-refractivity contribution in [2.24, 2.45) is 0 Å². The van der Waals surface area contributed by atoms with Gasteiger partial charge in [0.1, 0.15) is 6.04 Å². The molecule has 0 aliphatic carbocycles. The van der Waals surface area contributed by atoms with Crippen LogP contribution in [0.15, 0.2) is 60.8 Å². The van der Waals surface area contributed by atoms with Gasteiger partial charge in [0.05, 0.1) is 0 Å². The van der Waals surface area contributed by atoms with Gasteiger partial charge in [0, 0.05) is 35.8 Å². The van der Waals surface area contributed by atoms with Crippen LogP contribution in [0.3, 0.4) is 0 Å². The van der Waals surface area contributed by atoms with Gasteiger partial charge in [-0.05, 0) is 36.7 Å². The van der Waals surface area contributed by atoms with Gasteiger partial charge in [-0.2, -0.15) is 5.10 Å². The summed E-state index contributed by atoms with van der Waals surface area (Å²) in [6, 6.07) is 17.2. The summed E-state index contributed by atoms with van der Waals surface area (Å²) in [5.41, 5.74) is 3.07. The molecule has 0 unspecified atom stereocenters. The van der Waals surface area contributed by atoms with Crippen LogP contribution in [0.4, 0.5) is 0 Å². The third-order valence-corrected chi connectivity index (χ3v) is 5.49. The van der Waals surface area contributed by atoms with Crippen LogP contribution in [-0.2, 0) is 17.9 Å². The van der Waals surface area contributed by atoms with Crippen molar-refractivity contribution in [1.29, 1.82) is 0 Å². The topological polar surface area (TPSA) is 98.7 Å². The van der Waals surface area contributed by atoms with Crippen molar-refractivity contribution >= 4 is 29.1 Å². The van der Waals surface area contributed by atoms with E-state index in [-0.39, 0.29) is 0 Å². The minimum Gasteiger partial charge on any atom is -0.480 e. The van der Waals surface area contributed by atoms with Crippen molar-refractivity contribution in [1.82, 2.24) is 25.1 Å². The van der Waals surface area contributed by atoms with Gasteiger partial charge in [-0.25, -0.2) is 0 Å². The van der Waals surface area contributed by atoms with Gasteiger partial charge < -0.3 is 20.0 Å². The number of fused-ring (bicyclic) bond motifs is 1. The van der Waals surface area contributed by atoms with Crippen LogP contribution in [0.2, 0.25) is 0 Å². The van der Waals surface area contributed by atoms with Crippen molar-refractivity contribution in [3.63, 3.8) is 0 Å². The second kappa shape index (κ2) is 9.06. The number of nitrogens with one attached hydrogen (secondary N) is 3. The van der Waals surface area contributed by atoms with Crippen molar-refractivity contribution in [2.75, 3.05) is 0 Å². The molecule has 0 saturated carbocycles. The Morgan fingerprint density at radius 1 is 1.17 bits per heavy atom. The number of hydrogen-bond acceptors (Lipinski definition) is 4. The molecule has 4 N–H and O–H groups in total. The van der Waals surface area contributed by atoms with E-state index in [1.807, 2.05) is 65.4 Å². The minimum absolute atomic E-state index is 0.485. The van der Waals surface area contributed by atoms with Crippen molar-refractivity contribution in [2.45, 2.75) is 32.0 Å². The van der Waals surface area contributed by atoms with Crippen molar-refractivity contribution in [3.8, 4) is 11.4 Å². The Balaban J connectivity index is 1.39. The fourth-order valence-electron chi connectivity index (χ4n) is 3.61. The van der Waals surface area contributed by atoms with E-state index in [9.17, 15) is 9.90 Å². The first-order chi connectivity index (χ1) is 14.6. The number of nitrogens with zero attached hydrogens (tertiary/aromatic N) is 2. The Kier molecular flexibility index (Phi) is 6.06. The number of aliphatic carboxylic acids is 1. The van der Waals surface area contributed by atoms with E-state index in [1.165, 1.54) is 0 Å². The highest BCUT2D eigenvalue weighted by Crippen LogP contribution is 2.19. The van der Waals surface area contributed by atoms with Crippen LogP contribution in [0, 0.1) is 4.77 Å². The number of carboxylic acid groups (broad SMARTS) is 1. The molecule has 0 aliphatic heterocycles. The minimum atomic E-state index is -0.853. The molecular formula is C22H23N5O2S. The molecule has 0 bridgehead atoms. The standard InChI is InChI=1S/C22H23N5O2S/c28-21(29)19(24-14-16-13-23-18-10-5-4-9-17(16)18)11-6-12-27-20(25-26-22(27)30)15-7-2-1-3-8-15/h1-5,7-10,13,19,23-24H,6,11-12,14H2,(H,26,30)(H,28,29)/t19-/m0/s1. The van der Waals surface area contributed by atoms with Gasteiger partial charge >= 0.3 is 5.97 Å². The monoisotopic (exact) mass is 421 g/mol. The van der Waals surface area contributed by atoms with Crippen LogP contribution < -0.4 is 5.32 Å². The molecule has 0 saturated heterocycles. The zero-order valence-corrected chi connectivity index (χ0v) is 17.2. The van der Waals surface area contributed by atoms with Gasteiger partial charge in [0.2, 0.25) is 0 Å². The van der Waals surface area contributed by atoms with Gasteiger partial charge in [0.25, 0.3) is 0 Å². The molecule has 7 nitrogen and oxygen atoms in total. The SMILES string of the molecule is O=C(O)[C@H](CCCn1c(-c2ccccc2)n[nH]c1=S)NCc1c[nH]c2ccccc12. The number of hydrogen-bond donors (Lipinski definition) is 4. The third-order valence-electron chi connectivity index (χ3n) is 5.18. The fraction of sp³-hybridized carbons (Fsp3) is 0.227. The van der Waals surface area contributed by atoms with Gasteiger partial charge in [-0.1, -0.05) is 48.5 Å². The highest BCUT2D eigenvalue weighted by molar-refractivity contribution is 7.71. The molecule has 1 atom stereocenters. The number of carboxylic acids is 1. The molecular weight excluding hydrogens is 398 g/mol. The Bertz CT molecular complexity index is 1190. The Labute approximate surface area is 178 Å². The first kappa shape index (κ1) is 20.1. The molecule has 2 heterocycles. The predicted molar refractivity (Wildman–Crippen MR) is 119 cm³/mol. The summed E-state index contributed by atoms with van der Waals surface area (Å²) in [5.74, 6) is -0.0897. The summed E-state index contributed by atoms with van der Waals surface area (Å²) >= 11 is 5.36. The molecule has 154 valence electrons. The molecule has 0 aliphatic rings. The molecule has 0 spiro atoms. The second-order valence-electron chi connectivity index (χ2n) is 7.14. The lowest BCUT2D eigenvalue weighted by Gasteiger charge is -2.15. The lowest BCUT2D eigenvalue weighted by Crippen LogP contribution is -2.36. The Hall–Kier alpha value is -3.23. The number of rotatable bonds is 9. The molecule has 2 aromatic carbocycles. The van der Waals surface area contributed by atoms with E-state index in [2.05, 4.69) is 20.5 Å². The van der Waals surface area contributed by atoms with Gasteiger partial charge in [0.15, 0.2) is 10.6 Å². The molecule has 8 heteroatoms. The molecule has 0 fully saturated rings. The van der Waals surface area contributed by atoms with Crippen LogP contribution >= 0.6 is 12.2 Å². The average Bonchev–Trinajstić information content (AvgIpc) is 3.34. The zero-order valence-electron chi connectivity index (χ0n) is 16.3. The molecule has 4 rings (SSSR count). The van der Waals surface area contributed by atoms with Crippen LogP contribution in [0.25, 0.3) is 22.3 Å². The summed E-state index contributed by atoms with van der Waals surface area (Å²) in [4.78, 5) is 15.0. The van der Waals surface area contributed by atoms with Crippen LogP contribution in [0.5, 0.6) is 0 Å². The van der Waals surface area contributed by atoms with E-state index in [0.717, 1.165) is 27.9 Å². The highest BCUT2D eigenvalue weighted by atomic mass is 32.1. The first-order valence-electron chi connectivity index (χ1n) is 9.85. The normalized spacial score (nSPS) is 12.3. The quantitative estimate of drug-likeness (QED) is 0.305. The number of aromatic nitrogens is 4. The maximum Gasteiger partial charge on any atom is 0.320 e.